The summed E-state index contributed by atoms with van der Waals surface area (Å²) in [5.41, 5.74) is -1.73. The number of rotatable bonds is 13. The molecular formula is C36H42O18. The van der Waals surface area contributed by atoms with E-state index in [1.165, 1.54) is 12.2 Å². The molecule has 2 fully saturated rings. The molecule has 1 aromatic carbocycles. The molecule has 0 radical (unpaired) electrons. The van der Waals surface area contributed by atoms with Crippen molar-refractivity contribution in [2.75, 3.05) is 13.2 Å². The van der Waals surface area contributed by atoms with Crippen LogP contribution in [0.15, 0.2) is 48.7 Å². The molecular weight excluding hydrogens is 720 g/mol. The molecule has 1 aliphatic carbocycles. The third-order valence-electron chi connectivity index (χ3n) is 8.44. The van der Waals surface area contributed by atoms with Gasteiger partial charge in [0.25, 0.3) is 0 Å². The van der Waals surface area contributed by atoms with Gasteiger partial charge < -0.3 is 52.5 Å². The fraction of sp³-hybridized carbons (Fsp3) is 0.528. The lowest BCUT2D eigenvalue weighted by Crippen LogP contribution is -2.64. The second-order valence-electron chi connectivity index (χ2n) is 12.6. The van der Waals surface area contributed by atoms with Crippen LogP contribution in [0, 0.1) is 11.8 Å². The fourth-order valence-corrected chi connectivity index (χ4v) is 6.53. The van der Waals surface area contributed by atoms with Crippen molar-refractivity contribution >= 4 is 47.9 Å². The van der Waals surface area contributed by atoms with E-state index in [1.807, 2.05) is 0 Å². The third kappa shape index (κ3) is 10.4. The predicted octanol–water partition coefficient (Wildman–Crippen LogP) is 1.05. The van der Waals surface area contributed by atoms with E-state index in [0.717, 1.165) is 53.9 Å². The first kappa shape index (κ1) is 41.4. The molecule has 0 amide bonds. The summed E-state index contributed by atoms with van der Waals surface area (Å²) in [5, 5.41) is 12.5. The van der Waals surface area contributed by atoms with Crippen molar-refractivity contribution in [3.63, 3.8) is 0 Å². The second-order valence-corrected chi connectivity index (χ2v) is 12.6. The molecule has 3 aliphatic rings. The molecule has 1 N–H and O–H groups in total. The zero-order chi connectivity index (χ0) is 39.7. The molecule has 11 atom stereocenters. The van der Waals surface area contributed by atoms with Gasteiger partial charge in [0, 0.05) is 53.5 Å². The van der Waals surface area contributed by atoms with E-state index in [4.69, 9.17) is 47.4 Å². The second kappa shape index (κ2) is 18.1. The Labute approximate surface area is 309 Å². The number of ether oxygens (including phenoxy) is 10. The van der Waals surface area contributed by atoms with E-state index < -0.39 is 122 Å². The number of carbonyl (C=O) groups is 7. The van der Waals surface area contributed by atoms with Crippen LogP contribution in [0.4, 0.5) is 0 Å². The van der Waals surface area contributed by atoms with Crippen molar-refractivity contribution < 1.29 is 86.0 Å². The minimum atomic E-state index is -2.40. The highest BCUT2D eigenvalue weighted by molar-refractivity contribution is 5.87. The summed E-state index contributed by atoms with van der Waals surface area (Å²) in [4.78, 5) is 86.3. The number of hydrogen-bond donors (Lipinski definition) is 1. The van der Waals surface area contributed by atoms with Crippen LogP contribution in [0.1, 0.15) is 47.1 Å². The van der Waals surface area contributed by atoms with Crippen LogP contribution in [0.2, 0.25) is 0 Å². The van der Waals surface area contributed by atoms with E-state index in [-0.39, 0.29) is 0 Å². The van der Waals surface area contributed by atoms with Gasteiger partial charge in [0.05, 0.1) is 12.2 Å². The SMILES string of the molecule is CC(=O)OC[C@H]1O[C@@H](O[C@@H]2OC=C[C@H]3[C@H](OC(C)=O)[C@@H](OC(C)=O)[C@@](O)(COC(=O)/C=C/c4ccccc4)[C@@H]23)[C@H](OC(C)=O)[C@@H](OC(C)=O)[C@@H]1OC(C)=O. The molecule has 1 saturated heterocycles. The maximum Gasteiger partial charge on any atom is 0.330 e. The van der Waals surface area contributed by atoms with Crippen LogP contribution in [0.3, 0.4) is 0 Å². The Morgan fingerprint density at radius 2 is 1.28 bits per heavy atom. The first-order chi connectivity index (χ1) is 25.5. The average molecular weight is 763 g/mol. The van der Waals surface area contributed by atoms with Crippen molar-refractivity contribution in [1.29, 1.82) is 0 Å². The average Bonchev–Trinajstić information content (AvgIpc) is 3.31. The van der Waals surface area contributed by atoms with Crippen molar-refractivity contribution in [2.24, 2.45) is 11.8 Å². The topological polar surface area (TPSA) is 232 Å². The first-order valence-corrected chi connectivity index (χ1v) is 16.7. The van der Waals surface area contributed by atoms with Crippen LogP contribution >= 0.6 is 0 Å². The van der Waals surface area contributed by atoms with E-state index in [9.17, 15) is 38.7 Å². The van der Waals surface area contributed by atoms with Crippen LogP contribution in [0.5, 0.6) is 0 Å². The van der Waals surface area contributed by atoms with Gasteiger partial charge in [-0.15, -0.1) is 0 Å². The van der Waals surface area contributed by atoms with Gasteiger partial charge in [-0.3, -0.25) is 28.8 Å². The van der Waals surface area contributed by atoms with Crippen LogP contribution in [-0.2, 0) is 80.9 Å². The summed E-state index contributed by atoms with van der Waals surface area (Å²) < 4.78 is 56.1. The molecule has 294 valence electrons. The van der Waals surface area contributed by atoms with Crippen molar-refractivity contribution in [1.82, 2.24) is 0 Å². The Morgan fingerprint density at radius 3 is 1.87 bits per heavy atom. The minimum Gasteiger partial charge on any atom is -0.472 e. The standard InChI is InChI=1S/C36H42O18/c1-18(37)46-16-26-30(49-20(3)39)31(50-21(4)40)32(51-22(5)41)35(53-26)54-34-28-25(14-15-45-34)29(48-19(2)38)33(52-23(6)42)36(28,44)17-47-27(43)13-12-24-10-8-7-9-11-24/h7-15,25-26,28-35,44H,16-17H2,1-6H3/b13-12+/t25-,26-,28-,29+,30-,31+,32-,33-,34+,35+,36-/m1/s1. The van der Waals surface area contributed by atoms with Gasteiger partial charge in [0.2, 0.25) is 12.6 Å². The molecule has 2 heterocycles. The maximum absolute atomic E-state index is 12.9. The highest BCUT2D eigenvalue weighted by atomic mass is 16.8. The molecule has 18 nitrogen and oxygen atoms in total. The van der Waals surface area contributed by atoms with Crippen molar-refractivity contribution in [3.05, 3.63) is 54.3 Å². The summed E-state index contributed by atoms with van der Waals surface area (Å²) in [5.74, 6) is -8.41. The number of esters is 7. The molecule has 54 heavy (non-hydrogen) atoms. The minimum absolute atomic E-state index is 0.561. The molecule has 1 aromatic rings. The summed E-state index contributed by atoms with van der Waals surface area (Å²) in [6.07, 6.45) is -7.50. The van der Waals surface area contributed by atoms with Crippen LogP contribution in [-0.4, -0.2) is 115 Å². The molecule has 0 aromatic heterocycles. The predicted molar refractivity (Wildman–Crippen MR) is 177 cm³/mol. The van der Waals surface area contributed by atoms with E-state index in [1.54, 1.807) is 30.3 Å². The van der Waals surface area contributed by atoms with Crippen LogP contribution in [0.25, 0.3) is 6.08 Å². The third-order valence-corrected chi connectivity index (χ3v) is 8.44. The Kier molecular flexibility index (Phi) is 13.9. The lowest BCUT2D eigenvalue weighted by Gasteiger charge is -2.46. The van der Waals surface area contributed by atoms with E-state index in [2.05, 4.69) is 0 Å². The smallest absolute Gasteiger partial charge is 0.330 e. The van der Waals surface area contributed by atoms with Gasteiger partial charge in [-0.25, -0.2) is 4.79 Å². The number of benzene rings is 1. The fourth-order valence-electron chi connectivity index (χ4n) is 6.53. The van der Waals surface area contributed by atoms with E-state index in [0.29, 0.717) is 5.56 Å². The molecule has 18 heteroatoms. The van der Waals surface area contributed by atoms with Crippen molar-refractivity contribution in [3.8, 4) is 0 Å². The molecule has 2 aliphatic heterocycles. The van der Waals surface area contributed by atoms with Gasteiger partial charge in [-0.1, -0.05) is 30.3 Å². The highest BCUT2D eigenvalue weighted by Crippen LogP contribution is 2.50. The summed E-state index contributed by atoms with van der Waals surface area (Å²) in [7, 11) is 0. The number of fused-ring (bicyclic) bond motifs is 1. The Hall–Kier alpha value is -5.33. The zero-order valence-corrected chi connectivity index (χ0v) is 30.3. The largest absolute Gasteiger partial charge is 0.472 e. The molecule has 4 rings (SSSR count). The van der Waals surface area contributed by atoms with Gasteiger partial charge in [0.15, 0.2) is 24.4 Å². The molecule has 0 bridgehead atoms. The van der Waals surface area contributed by atoms with Gasteiger partial charge in [-0.05, 0) is 17.7 Å². The van der Waals surface area contributed by atoms with Gasteiger partial charge >= 0.3 is 41.8 Å². The normalized spacial score (nSPS) is 31.2. The Balaban J connectivity index is 1.75. The number of carbonyl (C=O) groups excluding carboxylic acids is 7. The summed E-state index contributed by atoms with van der Waals surface area (Å²) >= 11 is 0. The monoisotopic (exact) mass is 762 g/mol. The summed E-state index contributed by atoms with van der Waals surface area (Å²) in [6.45, 7) is 4.99. The highest BCUT2D eigenvalue weighted by Gasteiger charge is 2.68. The summed E-state index contributed by atoms with van der Waals surface area (Å²) in [6, 6.07) is 8.78. The lowest BCUT2D eigenvalue weighted by molar-refractivity contribution is -0.350. The maximum atomic E-state index is 12.9. The van der Waals surface area contributed by atoms with E-state index >= 15 is 0 Å². The Morgan fingerprint density at radius 1 is 0.704 bits per heavy atom. The van der Waals surface area contributed by atoms with Crippen molar-refractivity contribution in [2.45, 2.75) is 96.3 Å². The zero-order valence-electron chi connectivity index (χ0n) is 30.3. The first-order valence-electron chi connectivity index (χ1n) is 16.7. The lowest BCUT2D eigenvalue weighted by atomic mass is 9.83. The van der Waals surface area contributed by atoms with Gasteiger partial charge in [-0.2, -0.15) is 0 Å². The number of aliphatic hydroxyl groups is 1. The quantitative estimate of drug-likeness (QED) is 0.168. The molecule has 0 spiro atoms. The Bertz CT molecular complexity index is 1620. The number of hydrogen-bond acceptors (Lipinski definition) is 18. The van der Waals surface area contributed by atoms with Gasteiger partial charge in [0.1, 0.15) is 31.0 Å². The molecule has 0 unspecified atom stereocenters. The van der Waals surface area contributed by atoms with Crippen LogP contribution < -0.4 is 0 Å². The molecule has 1 saturated carbocycles.